The van der Waals surface area contributed by atoms with Crippen LogP contribution in [0, 0.1) is 17.8 Å². The largest absolute Gasteiger partial charge is 0.503 e. The predicted octanol–water partition coefficient (Wildman–Crippen LogP) is 7.17. The van der Waals surface area contributed by atoms with Gasteiger partial charge in [-0.05, 0) is 86.5 Å². The molecule has 4 aliphatic rings. The highest BCUT2D eigenvalue weighted by atomic mass is 79.9. The number of phenolic OH excluding ortho intramolecular Hbond substituents is 1. The lowest BCUT2D eigenvalue weighted by atomic mass is 9.59. The maximum Gasteiger partial charge on any atom is 0.416 e. The zero-order valence-corrected chi connectivity index (χ0v) is 26.4. The molecule has 1 fully saturated rings. The number of aromatic hydroxyl groups is 1. The molecule has 46 heavy (non-hydrogen) atoms. The predicted molar refractivity (Wildman–Crippen MR) is 156 cm³/mol. The molecule has 240 valence electrons. The second-order valence-corrected chi connectivity index (χ2v) is 12.9. The van der Waals surface area contributed by atoms with Crippen molar-refractivity contribution in [3.05, 3.63) is 84.8 Å². The number of imide groups is 1. The standard InChI is InChI=1S/C31H19Br2F6NO6/c1-46-22-5-11(4-19(32)27(22)43)23-15-2-3-16-24(17(15)9-18-25(23)21(41)10-20(33)26(18)42)29(45)40(28(16)44)14-7-12(30(34,35)36)6-13(8-14)31(37,38)39/h2,4-8,10,16-17,23-24,43H,3,9H2,1H3. The van der Waals surface area contributed by atoms with E-state index in [0.29, 0.717) is 28.2 Å². The van der Waals surface area contributed by atoms with E-state index >= 15 is 0 Å². The Kier molecular flexibility index (Phi) is 7.66. The number of benzene rings is 2. The summed E-state index contributed by atoms with van der Waals surface area (Å²) in [6.07, 6.45) is -7.98. The highest BCUT2D eigenvalue weighted by Crippen LogP contribution is 2.57. The first-order chi connectivity index (χ1) is 21.4. The third-order valence-corrected chi connectivity index (χ3v) is 9.96. The molecule has 0 aromatic heterocycles. The molecular formula is C31H19Br2F6NO6. The Morgan fingerprint density at radius 1 is 0.891 bits per heavy atom. The number of alkyl halides is 6. The van der Waals surface area contributed by atoms with Gasteiger partial charge >= 0.3 is 12.4 Å². The zero-order chi connectivity index (χ0) is 33.6. The molecule has 2 aromatic carbocycles. The zero-order valence-electron chi connectivity index (χ0n) is 23.2. The first-order valence-electron chi connectivity index (χ1n) is 13.6. The maximum absolute atomic E-state index is 14.0. The molecule has 1 saturated heterocycles. The molecule has 1 N–H and O–H groups in total. The number of hydrogen-bond donors (Lipinski definition) is 1. The van der Waals surface area contributed by atoms with Gasteiger partial charge in [-0.2, -0.15) is 26.3 Å². The summed E-state index contributed by atoms with van der Waals surface area (Å²) in [5.74, 6) is -7.57. The van der Waals surface area contributed by atoms with Crippen LogP contribution < -0.4 is 9.64 Å². The van der Waals surface area contributed by atoms with E-state index in [0.717, 1.165) is 6.08 Å². The van der Waals surface area contributed by atoms with Crippen molar-refractivity contribution in [2.45, 2.75) is 31.1 Å². The molecule has 0 saturated carbocycles. The maximum atomic E-state index is 14.0. The molecule has 2 aromatic rings. The van der Waals surface area contributed by atoms with E-state index in [1.165, 1.54) is 19.2 Å². The van der Waals surface area contributed by atoms with E-state index in [4.69, 9.17) is 4.74 Å². The van der Waals surface area contributed by atoms with Crippen molar-refractivity contribution in [3.8, 4) is 11.5 Å². The number of allylic oxidation sites excluding steroid dienone is 6. The number of fused-ring (bicyclic) bond motifs is 3. The summed E-state index contributed by atoms with van der Waals surface area (Å²) < 4.78 is 87.3. The number of rotatable bonds is 3. The summed E-state index contributed by atoms with van der Waals surface area (Å²) in [4.78, 5) is 54.8. The van der Waals surface area contributed by atoms with E-state index in [9.17, 15) is 50.6 Å². The Labute approximate surface area is 272 Å². The smallest absolute Gasteiger partial charge is 0.416 e. The molecule has 7 nitrogen and oxygen atoms in total. The lowest BCUT2D eigenvalue weighted by Gasteiger charge is -2.42. The highest BCUT2D eigenvalue weighted by Gasteiger charge is 2.57. The summed E-state index contributed by atoms with van der Waals surface area (Å²) >= 11 is 6.35. The number of anilines is 1. The lowest BCUT2D eigenvalue weighted by molar-refractivity contribution is -0.143. The number of ketones is 2. The molecule has 3 aliphatic carbocycles. The van der Waals surface area contributed by atoms with Gasteiger partial charge in [0.1, 0.15) is 0 Å². The fourth-order valence-electron chi connectivity index (χ4n) is 6.82. The van der Waals surface area contributed by atoms with Gasteiger partial charge in [-0.25, -0.2) is 4.90 Å². The van der Waals surface area contributed by atoms with Crippen LogP contribution in [-0.2, 0) is 31.5 Å². The van der Waals surface area contributed by atoms with Crippen LogP contribution in [0.4, 0.5) is 32.0 Å². The minimum Gasteiger partial charge on any atom is -0.503 e. The molecule has 15 heteroatoms. The van der Waals surface area contributed by atoms with Crippen LogP contribution in [-0.4, -0.2) is 35.6 Å². The van der Waals surface area contributed by atoms with Crippen molar-refractivity contribution in [1.82, 2.24) is 0 Å². The van der Waals surface area contributed by atoms with Gasteiger partial charge in [-0.15, -0.1) is 0 Å². The van der Waals surface area contributed by atoms with Crippen molar-refractivity contribution < 1.29 is 55.4 Å². The van der Waals surface area contributed by atoms with Crippen molar-refractivity contribution in [2.24, 2.45) is 17.8 Å². The molecule has 0 spiro atoms. The number of halogens is 8. The second-order valence-electron chi connectivity index (χ2n) is 11.2. The Balaban J connectivity index is 1.50. The molecule has 0 bridgehead atoms. The van der Waals surface area contributed by atoms with Crippen molar-refractivity contribution in [3.63, 3.8) is 0 Å². The van der Waals surface area contributed by atoms with Crippen LogP contribution in [0.1, 0.15) is 35.4 Å². The number of carbonyl (C=O) groups excluding carboxylic acids is 4. The van der Waals surface area contributed by atoms with Gasteiger partial charge in [0.15, 0.2) is 23.1 Å². The van der Waals surface area contributed by atoms with Gasteiger partial charge < -0.3 is 9.84 Å². The summed E-state index contributed by atoms with van der Waals surface area (Å²) in [5, 5.41) is 10.4. The highest BCUT2D eigenvalue weighted by molar-refractivity contribution is 9.12. The Hall–Kier alpha value is -3.72. The van der Waals surface area contributed by atoms with Crippen LogP contribution in [0.25, 0.3) is 0 Å². The number of hydrogen-bond acceptors (Lipinski definition) is 6. The van der Waals surface area contributed by atoms with Gasteiger partial charge in [-0.1, -0.05) is 11.6 Å². The third-order valence-electron chi connectivity index (χ3n) is 8.77. The minimum absolute atomic E-state index is 0.0255. The number of amides is 2. The SMILES string of the molecule is COc1cc(C2C3=CCC4C(=O)N(c5cc(C(F)(F)F)cc(C(F)(F)F)c5)C(=O)C4C3CC3=C2C(=O)C=C(Br)C3=O)cc(Br)c1O. The number of nitrogens with zero attached hydrogens (tertiary/aromatic N) is 1. The molecule has 4 atom stereocenters. The second kappa shape index (κ2) is 10.9. The molecule has 0 radical (unpaired) electrons. The number of phenols is 1. The Bertz CT molecular complexity index is 1830. The number of methoxy groups -OCH3 is 1. The van der Waals surface area contributed by atoms with E-state index in [1.54, 1.807) is 6.08 Å². The van der Waals surface area contributed by atoms with Crippen LogP contribution >= 0.6 is 31.9 Å². The van der Waals surface area contributed by atoms with E-state index in [-0.39, 0.29) is 50.5 Å². The van der Waals surface area contributed by atoms with Crippen LogP contribution in [0.15, 0.2) is 68.2 Å². The Morgan fingerprint density at radius 3 is 2.11 bits per heavy atom. The molecule has 1 heterocycles. The lowest BCUT2D eigenvalue weighted by Crippen LogP contribution is -2.39. The van der Waals surface area contributed by atoms with Crippen molar-refractivity contribution in [2.75, 3.05) is 12.0 Å². The topological polar surface area (TPSA) is 101 Å². The summed E-state index contributed by atoms with van der Waals surface area (Å²) in [5.41, 5.74) is -3.24. The van der Waals surface area contributed by atoms with Gasteiger partial charge in [0.2, 0.25) is 11.8 Å². The molecule has 6 rings (SSSR count). The Morgan fingerprint density at radius 2 is 1.52 bits per heavy atom. The first kappa shape index (κ1) is 32.2. The number of ether oxygens (including phenoxy) is 1. The fraction of sp³-hybridized carbons (Fsp3) is 0.290. The monoisotopic (exact) mass is 773 g/mol. The van der Waals surface area contributed by atoms with Gasteiger partial charge in [0.05, 0.1) is 44.7 Å². The molecular weight excluding hydrogens is 756 g/mol. The van der Waals surface area contributed by atoms with Crippen molar-refractivity contribution >= 4 is 60.9 Å². The average molecular weight is 775 g/mol. The summed E-state index contributed by atoms with van der Waals surface area (Å²) in [6, 6.07) is 3.51. The summed E-state index contributed by atoms with van der Waals surface area (Å²) in [6.45, 7) is 0. The molecule has 1 aliphatic heterocycles. The van der Waals surface area contributed by atoms with Gasteiger partial charge in [0, 0.05) is 23.1 Å². The minimum atomic E-state index is -5.21. The van der Waals surface area contributed by atoms with Crippen LogP contribution in [0.2, 0.25) is 0 Å². The number of carbonyl (C=O) groups is 4. The molecule has 2 amide bonds. The number of Topliss-reactive ketones (excluding diaryl/α,β-unsaturated/α-hetero) is 1. The van der Waals surface area contributed by atoms with Gasteiger partial charge in [0.25, 0.3) is 0 Å². The molecule has 4 unspecified atom stereocenters. The van der Waals surface area contributed by atoms with E-state index in [2.05, 4.69) is 31.9 Å². The van der Waals surface area contributed by atoms with Crippen molar-refractivity contribution in [1.29, 1.82) is 0 Å². The van der Waals surface area contributed by atoms with Crippen LogP contribution in [0.3, 0.4) is 0 Å². The first-order valence-corrected chi connectivity index (χ1v) is 15.2. The third kappa shape index (κ3) is 5.02. The normalized spacial score (nSPS) is 24.8. The van der Waals surface area contributed by atoms with E-state index in [1.807, 2.05) is 0 Å². The van der Waals surface area contributed by atoms with Crippen LogP contribution in [0.5, 0.6) is 11.5 Å². The van der Waals surface area contributed by atoms with Gasteiger partial charge in [-0.3, -0.25) is 19.2 Å². The average Bonchev–Trinajstić information content (AvgIpc) is 3.24. The summed E-state index contributed by atoms with van der Waals surface area (Å²) in [7, 11) is 1.30. The fourth-order valence-corrected chi connectivity index (χ4v) is 7.73. The van der Waals surface area contributed by atoms with E-state index < -0.39 is 76.2 Å². The quantitative estimate of drug-likeness (QED) is 0.154.